The largest absolute Gasteiger partial charge is 0.352 e. The molecule has 0 spiro atoms. The molecule has 0 heterocycles. The lowest BCUT2D eigenvalue weighted by Gasteiger charge is -2.34. The summed E-state index contributed by atoms with van der Waals surface area (Å²) in [6.07, 6.45) is 0.912. The number of halogens is 3. The zero-order chi connectivity index (χ0) is 32.6. The lowest BCUT2D eigenvalue weighted by molar-refractivity contribution is -0.140. The normalized spacial score (nSPS) is 12.6. The summed E-state index contributed by atoms with van der Waals surface area (Å²) in [5, 5.41) is 3.37. The van der Waals surface area contributed by atoms with E-state index < -0.39 is 28.5 Å². The van der Waals surface area contributed by atoms with Gasteiger partial charge >= 0.3 is 0 Å². The number of nitrogens with zero attached hydrogens (tertiary/aromatic N) is 2. The Morgan fingerprint density at radius 1 is 0.867 bits per heavy atom. The summed E-state index contributed by atoms with van der Waals surface area (Å²) in [6, 6.07) is 27.9. The maximum Gasteiger partial charge on any atom is 0.264 e. The molecular formula is C34H34BrCl2N3O4S. The van der Waals surface area contributed by atoms with Crippen molar-refractivity contribution in [2.75, 3.05) is 10.8 Å². The average molecular weight is 732 g/mol. The fourth-order valence-corrected chi connectivity index (χ4v) is 6.84. The lowest BCUT2D eigenvalue weighted by atomic mass is 10.0. The van der Waals surface area contributed by atoms with Crippen molar-refractivity contribution < 1.29 is 18.0 Å². The van der Waals surface area contributed by atoms with Gasteiger partial charge in [0.05, 0.1) is 15.6 Å². The Morgan fingerprint density at radius 3 is 2.11 bits per heavy atom. The SMILES string of the molecule is CC[C@@H](C)NC(=O)[C@H](Cc1ccccc1)N(Cc1ccc(Br)cc1)C(=O)CN(c1cc(Cl)ccc1Cl)S(=O)(=O)c1ccccc1. The molecule has 0 bridgehead atoms. The van der Waals surface area contributed by atoms with Crippen LogP contribution in [-0.4, -0.2) is 43.8 Å². The summed E-state index contributed by atoms with van der Waals surface area (Å²) in [7, 11) is -4.29. The monoisotopic (exact) mass is 729 g/mol. The van der Waals surface area contributed by atoms with E-state index in [2.05, 4.69) is 21.2 Å². The van der Waals surface area contributed by atoms with E-state index in [4.69, 9.17) is 23.2 Å². The molecule has 2 amide bonds. The van der Waals surface area contributed by atoms with Crippen LogP contribution < -0.4 is 9.62 Å². The maximum absolute atomic E-state index is 14.5. The molecule has 4 aromatic carbocycles. The van der Waals surface area contributed by atoms with E-state index in [-0.39, 0.29) is 45.5 Å². The Bertz CT molecular complexity index is 1710. The number of nitrogens with one attached hydrogen (secondary N) is 1. The molecule has 0 fully saturated rings. The Hall–Kier alpha value is -3.37. The van der Waals surface area contributed by atoms with Crippen LogP contribution in [0.3, 0.4) is 0 Å². The van der Waals surface area contributed by atoms with Crippen LogP contribution in [0.2, 0.25) is 10.0 Å². The van der Waals surface area contributed by atoms with Gasteiger partial charge in [-0.2, -0.15) is 0 Å². The van der Waals surface area contributed by atoms with Gasteiger partial charge in [0.1, 0.15) is 12.6 Å². The van der Waals surface area contributed by atoms with Gasteiger partial charge in [-0.05, 0) is 66.9 Å². The molecule has 4 aromatic rings. The smallest absolute Gasteiger partial charge is 0.264 e. The zero-order valence-corrected chi connectivity index (χ0v) is 28.8. The van der Waals surface area contributed by atoms with Crippen LogP contribution in [0, 0.1) is 0 Å². The Labute approximate surface area is 283 Å². The minimum atomic E-state index is -4.29. The van der Waals surface area contributed by atoms with Crippen molar-refractivity contribution in [1.29, 1.82) is 0 Å². The molecule has 0 aromatic heterocycles. The maximum atomic E-state index is 14.5. The van der Waals surface area contributed by atoms with Crippen LogP contribution in [-0.2, 0) is 32.6 Å². The summed E-state index contributed by atoms with van der Waals surface area (Å²) in [5.41, 5.74) is 1.66. The number of rotatable bonds is 13. The van der Waals surface area contributed by atoms with Crippen molar-refractivity contribution in [3.63, 3.8) is 0 Å². The van der Waals surface area contributed by atoms with E-state index in [0.717, 1.165) is 19.9 Å². The van der Waals surface area contributed by atoms with Crippen molar-refractivity contribution in [3.8, 4) is 0 Å². The summed E-state index contributed by atoms with van der Waals surface area (Å²) < 4.78 is 30.0. The van der Waals surface area contributed by atoms with Gasteiger partial charge in [0.2, 0.25) is 11.8 Å². The molecule has 0 radical (unpaired) electrons. The van der Waals surface area contributed by atoms with E-state index in [1.54, 1.807) is 18.2 Å². The van der Waals surface area contributed by atoms with Gasteiger partial charge in [-0.15, -0.1) is 0 Å². The molecule has 236 valence electrons. The predicted octanol–water partition coefficient (Wildman–Crippen LogP) is 7.51. The first-order valence-electron chi connectivity index (χ1n) is 14.4. The van der Waals surface area contributed by atoms with Gasteiger partial charge in [0.15, 0.2) is 0 Å². The first-order valence-corrected chi connectivity index (χ1v) is 17.4. The van der Waals surface area contributed by atoms with Crippen LogP contribution in [0.5, 0.6) is 0 Å². The molecule has 0 saturated heterocycles. The molecule has 0 unspecified atom stereocenters. The molecule has 0 aliphatic carbocycles. The van der Waals surface area contributed by atoms with E-state index >= 15 is 0 Å². The van der Waals surface area contributed by atoms with Gasteiger partial charge in [-0.25, -0.2) is 8.42 Å². The topological polar surface area (TPSA) is 86.8 Å². The molecule has 0 saturated carbocycles. The second kappa shape index (κ2) is 15.8. The minimum Gasteiger partial charge on any atom is -0.352 e. The third kappa shape index (κ3) is 9.10. The molecule has 0 aliphatic rings. The molecule has 7 nitrogen and oxygen atoms in total. The fourth-order valence-electron chi connectivity index (χ4n) is 4.69. The van der Waals surface area contributed by atoms with Crippen LogP contribution >= 0.6 is 39.1 Å². The van der Waals surface area contributed by atoms with Crippen LogP contribution in [0.15, 0.2) is 112 Å². The zero-order valence-electron chi connectivity index (χ0n) is 24.9. The highest BCUT2D eigenvalue weighted by atomic mass is 79.9. The Kier molecular flexibility index (Phi) is 12.1. The van der Waals surface area contributed by atoms with Crippen LogP contribution in [0.25, 0.3) is 0 Å². The van der Waals surface area contributed by atoms with Crippen LogP contribution in [0.4, 0.5) is 5.69 Å². The van der Waals surface area contributed by atoms with Gasteiger partial charge in [-0.3, -0.25) is 13.9 Å². The number of benzene rings is 4. The summed E-state index contributed by atoms with van der Waals surface area (Å²) in [4.78, 5) is 29.8. The number of carbonyl (C=O) groups is 2. The van der Waals surface area contributed by atoms with Gasteiger partial charge in [-0.1, -0.05) is 107 Å². The predicted molar refractivity (Wildman–Crippen MR) is 184 cm³/mol. The number of hydrogen-bond acceptors (Lipinski definition) is 4. The van der Waals surface area contributed by atoms with Gasteiger partial charge in [0.25, 0.3) is 10.0 Å². The number of anilines is 1. The Balaban J connectivity index is 1.83. The second-order valence-corrected chi connectivity index (χ2v) is 14.2. The van der Waals surface area contributed by atoms with Gasteiger partial charge < -0.3 is 10.2 Å². The molecule has 1 N–H and O–H groups in total. The molecule has 2 atom stereocenters. The van der Waals surface area contributed by atoms with Crippen molar-refractivity contribution >= 4 is 66.7 Å². The van der Waals surface area contributed by atoms with Gasteiger partial charge in [0, 0.05) is 28.5 Å². The Morgan fingerprint density at radius 2 is 1.49 bits per heavy atom. The number of amides is 2. The molecule has 11 heteroatoms. The fraction of sp³-hybridized carbons (Fsp3) is 0.235. The lowest BCUT2D eigenvalue weighted by Crippen LogP contribution is -2.54. The number of carbonyl (C=O) groups excluding carboxylic acids is 2. The first-order chi connectivity index (χ1) is 21.5. The van der Waals surface area contributed by atoms with E-state index in [1.807, 2.05) is 68.4 Å². The highest BCUT2D eigenvalue weighted by Gasteiger charge is 2.35. The summed E-state index contributed by atoms with van der Waals surface area (Å²) in [5.74, 6) is -0.925. The highest BCUT2D eigenvalue weighted by molar-refractivity contribution is 9.10. The third-order valence-corrected chi connectivity index (χ3v) is 10.2. The van der Waals surface area contributed by atoms with Crippen molar-refractivity contribution in [1.82, 2.24) is 10.2 Å². The summed E-state index contributed by atoms with van der Waals surface area (Å²) in [6.45, 7) is 3.28. The van der Waals surface area contributed by atoms with E-state index in [9.17, 15) is 18.0 Å². The molecular weight excluding hydrogens is 697 g/mol. The quantitative estimate of drug-likeness (QED) is 0.154. The van der Waals surface area contributed by atoms with Crippen LogP contribution in [0.1, 0.15) is 31.4 Å². The molecule has 0 aliphatic heterocycles. The average Bonchev–Trinajstić information content (AvgIpc) is 3.04. The van der Waals surface area contributed by atoms with Crippen molar-refractivity contribution in [2.24, 2.45) is 0 Å². The molecule has 4 rings (SSSR count). The minimum absolute atomic E-state index is 0.0244. The summed E-state index contributed by atoms with van der Waals surface area (Å²) >= 11 is 16.3. The second-order valence-electron chi connectivity index (χ2n) is 10.6. The van der Waals surface area contributed by atoms with Crippen molar-refractivity contribution in [3.05, 3.63) is 129 Å². The first kappa shape index (κ1) is 34.5. The molecule has 45 heavy (non-hydrogen) atoms. The highest BCUT2D eigenvalue weighted by Crippen LogP contribution is 2.33. The number of sulfonamides is 1. The standard InChI is InChI=1S/C34H34BrCl2N3O4S/c1-3-24(2)38-34(42)32(20-25-10-6-4-7-11-25)39(22-26-14-16-27(35)17-15-26)33(41)23-40(31-21-28(36)18-19-30(31)37)45(43,44)29-12-8-5-9-13-29/h4-19,21,24,32H,3,20,22-23H2,1-2H3,(H,38,42)/t24-,32+/m1/s1. The van der Waals surface area contributed by atoms with E-state index in [0.29, 0.717) is 6.42 Å². The third-order valence-electron chi connectivity index (χ3n) is 7.33. The number of hydrogen-bond donors (Lipinski definition) is 1. The van der Waals surface area contributed by atoms with Crippen molar-refractivity contribution in [2.45, 2.75) is 50.2 Å². The van der Waals surface area contributed by atoms with E-state index in [1.165, 1.54) is 35.2 Å².